The van der Waals surface area contributed by atoms with Crippen molar-refractivity contribution in [3.63, 3.8) is 0 Å². The van der Waals surface area contributed by atoms with Gasteiger partial charge in [0.2, 0.25) is 0 Å². The maximum absolute atomic E-state index is 9.13. The summed E-state index contributed by atoms with van der Waals surface area (Å²) in [5.74, 6) is 0. The molecule has 0 spiro atoms. The van der Waals surface area contributed by atoms with E-state index in [1.165, 1.54) is 0 Å². The lowest BCUT2D eigenvalue weighted by atomic mass is 10.3. The van der Waals surface area contributed by atoms with Crippen molar-refractivity contribution in [2.75, 3.05) is 20.3 Å². The van der Waals surface area contributed by atoms with Crippen LogP contribution in [0, 0.1) is 0 Å². The number of ether oxygens (including phenoxy) is 1. The number of hydrogen-bond acceptors (Lipinski definition) is 3. The number of methoxy groups -OCH3 is 1. The third-order valence-corrected chi connectivity index (χ3v) is 1.30. The lowest BCUT2D eigenvalue weighted by Gasteiger charge is -2.09. The van der Waals surface area contributed by atoms with Gasteiger partial charge in [-0.3, -0.25) is 5.32 Å². The van der Waals surface area contributed by atoms with Gasteiger partial charge in [0.25, 0.3) is 0 Å². The second kappa shape index (κ2) is 7.72. The topological polar surface area (TPSA) is 41.5 Å². The van der Waals surface area contributed by atoms with Crippen LogP contribution in [0.15, 0.2) is 12.7 Å². The third-order valence-electron chi connectivity index (χ3n) is 1.30. The van der Waals surface area contributed by atoms with Crippen LogP contribution in [0.5, 0.6) is 0 Å². The fourth-order valence-corrected chi connectivity index (χ4v) is 0.726. The standard InChI is InChI=1S/C8H17NO2/c1-3-5-8(10)9-6-4-7-11-2/h3,8-10H,1,4-7H2,2H3. The largest absolute Gasteiger partial charge is 0.385 e. The molecule has 3 nitrogen and oxygen atoms in total. The van der Waals surface area contributed by atoms with Crippen LogP contribution >= 0.6 is 0 Å². The molecule has 0 aliphatic rings. The normalized spacial score (nSPS) is 12.9. The van der Waals surface area contributed by atoms with Crippen molar-refractivity contribution in [3.05, 3.63) is 12.7 Å². The first-order chi connectivity index (χ1) is 5.31. The molecule has 0 aliphatic carbocycles. The zero-order chi connectivity index (χ0) is 8.53. The van der Waals surface area contributed by atoms with Crippen LogP contribution in [0.4, 0.5) is 0 Å². The summed E-state index contributed by atoms with van der Waals surface area (Å²) in [5.41, 5.74) is 0. The lowest BCUT2D eigenvalue weighted by molar-refractivity contribution is 0.132. The fraction of sp³-hybridized carbons (Fsp3) is 0.750. The first-order valence-electron chi connectivity index (χ1n) is 3.82. The molecule has 0 fully saturated rings. The van der Waals surface area contributed by atoms with E-state index in [4.69, 9.17) is 9.84 Å². The van der Waals surface area contributed by atoms with E-state index in [0.29, 0.717) is 6.42 Å². The monoisotopic (exact) mass is 159 g/mol. The van der Waals surface area contributed by atoms with Crippen molar-refractivity contribution in [2.24, 2.45) is 0 Å². The van der Waals surface area contributed by atoms with Gasteiger partial charge in [0, 0.05) is 20.1 Å². The Morgan fingerprint density at radius 1 is 1.73 bits per heavy atom. The van der Waals surface area contributed by atoms with Gasteiger partial charge in [-0.15, -0.1) is 6.58 Å². The second-order valence-corrected chi connectivity index (χ2v) is 2.34. The quantitative estimate of drug-likeness (QED) is 0.323. The number of aliphatic hydroxyl groups excluding tert-OH is 1. The van der Waals surface area contributed by atoms with Crippen molar-refractivity contribution >= 4 is 0 Å². The zero-order valence-electron chi connectivity index (χ0n) is 7.05. The molecule has 3 heteroatoms. The Labute approximate surface area is 68.1 Å². The van der Waals surface area contributed by atoms with E-state index >= 15 is 0 Å². The van der Waals surface area contributed by atoms with Crippen molar-refractivity contribution in [1.29, 1.82) is 0 Å². The molecule has 0 aromatic carbocycles. The lowest BCUT2D eigenvalue weighted by Crippen LogP contribution is -2.29. The highest BCUT2D eigenvalue weighted by Crippen LogP contribution is 1.87. The fourth-order valence-electron chi connectivity index (χ4n) is 0.726. The van der Waals surface area contributed by atoms with E-state index in [2.05, 4.69) is 11.9 Å². The molecule has 0 aromatic rings. The van der Waals surface area contributed by atoms with Crippen LogP contribution in [-0.4, -0.2) is 31.6 Å². The van der Waals surface area contributed by atoms with Gasteiger partial charge in [-0.25, -0.2) is 0 Å². The van der Waals surface area contributed by atoms with Crippen molar-refractivity contribution < 1.29 is 9.84 Å². The van der Waals surface area contributed by atoms with E-state index < -0.39 is 6.23 Å². The summed E-state index contributed by atoms with van der Waals surface area (Å²) >= 11 is 0. The zero-order valence-corrected chi connectivity index (χ0v) is 7.05. The first kappa shape index (κ1) is 10.6. The maximum atomic E-state index is 9.13. The molecule has 11 heavy (non-hydrogen) atoms. The van der Waals surface area contributed by atoms with E-state index in [9.17, 15) is 0 Å². The molecule has 66 valence electrons. The minimum absolute atomic E-state index is 0.454. The average molecular weight is 159 g/mol. The summed E-state index contributed by atoms with van der Waals surface area (Å²) in [7, 11) is 1.67. The summed E-state index contributed by atoms with van der Waals surface area (Å²) in [6.45, 7) is 5.03. The summed E-state index contributed by atoms with van der Waals surface area (Å²) in [6.07, 6.45) is 2.75. The molecule has 0 aromatic heterocycles. The molecule has 0 rings (SSSR count). The van der Waals surface area contributed by atoms with Gasteiger partial charge in [-0.05, 0) is 13.0 Å². The highest BCUT2D eigenvalue weighted by molar-refractivity contribution is 4.70. The Kier molecular flexibility index (Phi) is 7.46. The minimum Gasteiger partial charge on any atom is -0.385 e. The molecule has 1 atom stereocenters. The average Bonchev–Trinajstić information content (AvgIpc) is 1.99. The molecule has 1 unspecified atom stereocenters. The van der Waals surface area contributed by atoms with E-state index in [1.807, 2.05) is 0 Å². The molecule has 2 N–H and O–H groups in total. The molecule has 0 amide bonds. The van der Waals surface area contributed by atoms with Crippen molar-refractivity contribution in [2.45, 2.75) is 19.1 Å². The van der Waals surface area contributed by atoms with Gasteiger partial charge in [-0.1, -0.05) is 6.08 Å². The predicted octanol–water partition coefficient (Wildman–Crippen LogP) is 0.507. The summed E-state index contributed by atoms with van der Waals surface area (Å²) < 4.78 is 4.84. The summed E-state index contributed by atoms with van der Waals surface area (Å²) in [5, 5.41) is 12.0. The molecule has 0 radical (unpaired) electrons. The smallest absolute Gasteiger partial charge is 0.108 e. The van der Waals surface area contributed by atoms with E-state index in [1.54, 1.807) is 13.2 Å². The van der Waals surface area contributed by atoms with Gasteiger partial charge in [0.15, 0.2) is 0 Å². The van der Waals surface area contributed by atoms with Crippen LogP contribution in [0.2, 0.25) is 0 Å². The third kappa shape index (κ3) is 7.52. The Hall–Kier alpha value is -0.380. The summed E-state index contributed by atoms with van der Waals surface area (Å²) in [6, 6.07) is 0. The Bertz CT molecular complexity index is 96.1. The van der Waals surface area contributed by atoms with Gasteiger partial charge in [-0.2, -0.15) is 0 Å². The van der Waals surface area contributed by atoms with Crippen LogP contribution in [0.3, 0.4) is 0 Å². The minimum atomic E-state index is -0.454. The van der Waals surface area contributed by atoms with E-state index in [-0.39, 0.29) is 0 Å². The molecule has 0 saturated carbocycles. The van der Waals surface area contributed by atoms with Crippen LogP contribution in [0.25, 0.3) is 0 Å². The predicted molar refractivity (Wildman–Crippen MR) is 45.3 cm³/mol. The molecular weight excluding hydrogens is 142 g/mol. The van der Waals surface area contributed by atoms with Crippen molar-refractivity contribution in [1.82, 2.24) is 5.32 Å². The Balaban J connectivity index is 3.03. The SMILES string of the molecule is C=CCC(O)NCCCOC. The van der Waals surface area contributed by atoms with Gasteiger partial charge in [0.05, 0.1) is 0 Å². The molecule has 0 saturated heterocycles. The Morgan fingerprint density at radius 3 is 3.00 bits per heavy atom. The van der Waals surface area contributed by atoms with Crippen LogP contribution in [-0.2, 0) is 4.74 Å². The van der Waals surface area contributed by atoms with Gasteiger partial charge < -0.3 is 9.84 Å². The van der Waals surface area contributed by atoms with Crippen LogP contribution < -0.4 is 5.32 Å². The highest BCUT2D eigenvalue weighted by Gasteiger charge is 1.97. The van der Waals surface area contributed by atoms with Gasteiger partial charge in [0.1, 0.15) is 6.23 Å². The number of aliphatic hydroxyl groups is 1. The number of hydrogen-bond donors (Lipinski definition) is 2. The number of rotatable bonds is 7. The Morgan fingerprint density at radius 2 is 2.45 bits per heavy atom. The molecule has 0 bridgehead atoms. The van der Waals surface area contributed by atoms with Gasteiger partial charge >= 0.3 is 0 Å². The maximum Gasteiger partial charge on any atom is 0.108 e. The van der Waals surface area contributed by atoms with E-state index in [0.717, 1.165) is 19.6 Å². The number of nitrogens with one attached hydrogen (secondary N) is 1. The first-order valence-corrected chi connectivity index (χ1v) is 3.82. The van der Waals surface area contributed by atoms with Crippen LogP contribution in [0.1, 0.15) is 12.8 Å². The summed E-state index contributed by atoms with van der Waals surface area (Å²) in [4.78, 5) is 0. The molecule has 0 aliphatic heterocycles. The molecular formula is C8H17NO2. The van der Waals surface area contributed by atoms with Crippen molar-refractivity contribution in [3.8, 4) is 0 Å². The highest BCUT2D eigenvalue weighted by atomic mass is 16.5. The second-order valence-electron chi connectivity index (χ2n) is 2.34. The molecule has 0 heterocycles.